The van der Waals surface area contributed by atoms with E-state index in [2.05, 4.69) is 29.4 Å². The zero-order valence-electron chi connectivity index (χ0n) is 13.5. The van der Waals surface area contributed by atoms with Crippen LogP contribution in [0.1, 0.15) is 39.5 Å². The number of nitrogens with one attached hydrogen (secondary N) is 1. The minimum atomic E-state index is -0.0664. The molecule has 0 aliphatic rings. The molecule has 2 aromatic rings. The largest absolute Gasteiger partial charge is 0.403 e. The average Bonchev–Trinajstić information content (AvgIpc) is 2.99. The van der Waals surface area contributed by atoms with Gasteiger partial charge in [0.15, 0.2) is 0 Å². The highest BCUT2D eigenvalue weighted by molar-refractivity contribution is 5.51. The Bertz CT molecular complexity index is 648. The number of aryl methyl sites for hydroxylation is 1. The van der Waals surface area contributed by atoms with E-state index in [-0.39, 0.29) is 5.56 Å². The van der Waals surface area contributed by atoms with Gasteiger partial charge in [-0.05, 0) is 18.4 Å². The fraction of sp³-hybridized carbons (Fsp3) is 0.562. The van der Waals surface area contributed by atoms with E-state index in [1.54, 1.807) is 19.3 Å². The summed E-state index contributed by atoms with van der Waals surface area (Å²) < 4.78 is 7.11. The third-order valence-corrected chi connectivity index (χ3v) is 3.84. The molecule has 120 valence electrons. The van der Waals surface area contributed by atoms with E-state index in [0.29, 0.717) is 17.8 Å². The Morgan fingerprint density at radius 2 is 2.14 bits per heavy atom. The normalized spacial score (nSPS) is 12.3. The Kier molecular flexibility index (Phi) is 5.75. The highest BCUT2D eigenvalue weighted by atomic mass is 16.4. The maximum atomic E-state index is 11.4. The van der Waals surface area contributed by atoms with Crippen molar-refractivity contribution in [2.24, 2.45) is 13.0 Å². The van der Waals surface area contributed by atoms with E-state index >= 15 is 0 Å². The van der Waals surface area contributed by atoms with Gasteiger partial charge in [0, 0.05) is 25.9 Å². The molecule has 6 heteroatoms. The number of rotatable bonds is 8. The van der Waals surface area contributed by atoms with Crippen molar-refractivity contribution in [3.63, 3.8) is 0 Å². The molecule has 22 heavy (non-hydrogen) atoms. The minimum Gasteiger partial charge on any atom is -0.403 e. The van der Waals surface area contributed by atoms with Gasteiger partial charge in [-0.15, -0.1) is 5.10 Å². The third kappa shape index (κ3) is 4.19. The molecule has 0 saturated heterocycles. The molecule has 1 N–H and O–H groups in total. The maximum absolute atomic E-state index is 11.4. The van der Waals surface area contributed by atoms with Crippen LogP contribution in [-0.4, -0.2) is 21.3 Å². The van der Waals surface area contributed by atoms with Gasteiger partial charge in [-0.3, -0.25) is 4.79 Å². The van der Waals surface area contributed by atoms with Crippen molar-refractivity contribution in [3.8, 4) is 11.5 Å². The molecule has 0 aliphatic heterocycles. The predicted octanol–water partition coefficient (Wildman–Crippen LogP) is 3.06. The first-order chi connectivity index (χ1) is 10.6. The Balaban J connectivity index is 1.99. The van der Waals surface area contributed by atoms with Crippen LogP contribution in [-0.2, 0) is 7.05 Å². The summed E-state index contributed by atoms with van der Waals surface area (Å²) in [6.07, 6.45) is 6.49. The Hall–Kier alpha value is -2.11. The van der Waals surface area contributed by atoms with Crippen LogP contribution < -0.4 is 10.9 Å². The zero-order chi connectivity index (χ0) is 15.9. The van der Waals surface area contributed by atoms with Crippen LogP contribution in [0.25, 0.3) is 11.5 Å². The fourth-order valence-electron chi connectivity index (χ4n) is 2.31. The molecule has 0 spiro atoms. The average molecular weight is 304 g/mol. The summed E-state index contributed by atoms with van der Waals surface area (Å²) in [7, 11) is 1.70. The van der Waals surface area contributed by atoms with Crippen LogP contribution in [0.3, 0.4) is 0 Å². The fourth-order valence-corrected chi connectivity index (χ4v) is 2.31. The summed E-state index contributed by atoms with van der Waals surface area (Å²) in [5.41, 5.74) is 0.670. The molecular weight excluding hydrogens is 280 g/mol. The Morgan fingerprint density at radius 3 is 2.82 bits per heavy atom. The highest BCUT2D eigenvalue weighted by Crippen LogP contribution is 2.19. The van der Waals surface area contributed by atoms with Gasteiger partial charge in [-0.1, -0.05) is 38.2 Å². The number of pyridine rings is 1. The van der Waals surface area contributed by atoms with Crippen LogP contribution >= 0.6 is 0 Å². The second-order valence-electron chi connectivity index (χ2n) is 5.58. The Labute approximate surface area is 130 Å². The first-order valence-electron chi connectivity index (χ1n) is 7.88. The summed E-state index contributed by atoms with van der Waals surface area (Å²) in [5.74, 6) is 1.03. The molecule has 0 fully saturated rings. The molecule has 2 heterocycles. The second kappa shape index (κ2) is 7.77. The van der Waals surface area contributed by atoms with Gasteiger partial charge in [-0.2, -0.15) is 0 Å². The lowest BCUT2D eigenvalue weighted by Crippen LogP contribution is -2.14. The minimum absolute atomic E-state index is 0.0664. The van der Waals surface area contributed by atoms with Crippen molar-refractivity contribution in [2.75, 3.05) is 11.9 Å². The smallest absolute Gasteiger partial charge is 0.315 e. The van der Waals surface area contributed by atoms with Gasteiger partial charge < -0.3 is 14.3 Å². The standard InChI is InChI=1S/C16H24N4O2/c1-4-6-7-12(5-2)10-17-16-19-18-15(22-16)13-8-9-14(21)20(3)11-13/h8-9,11-12H,4-7,10H2,1-3H3,(H,17,19). The van der Waals surface area contributed by atoms with Crippen molar-refractivity contribution >= 4 is 6.01 Å². The first kappa shape index (κ1) is 16.3. The topological polar surface area (TPSA) is 73.0 Å². The molecule has 0 radical (unpaired) electrons. The SMILES string of the molecule is CCCCC(CC)CNc1nnc(-c2ccc(=O)n(C)c2)o1. The quantitative estimate of drug-likeness (QED) is 0.811. The molecule has 0 amide bonds. The van der Waals surface area contributed by atoms with Crippen molar-refractivity contribution in [2.45, 2.75) is 39.5 Å². The monoisotopic (exact) mass is 304 g/mol. The number of hydrogen-bond donors (Lipinski definition) is 1. The van der Waals surface area contributed by atoms with Gasteiger partial charge in [0.25, 0.3) is 5.89 Å². The van der Waals surface area contributed by atoms with Gasteiger partial charge in [-0.25, -0.2) is 0 Å². The summed E-state index contributed by atoms with van der Waals surface area (Å²) in [5, 5.41) is 11.3. The molecule has 0 aliphatic carbocycles. The predicted molar refractivity (Wildman–Crippen MR) is 86.8 cm³/mol. The van der Waals surface area contributed by atoms with E-state index < -0.39 is 0 Å². The molecule has 2 rings (SSSR count). The maximum Gasteiger partial charge on any atom is 0.315 e. The van der Waals surface area contributed by atoms with E-state index in [1.165, 1.54) is 29.9 Å². The summed E-state index contributed by atoms with van der Waals surface area (Å²) in [6, 6.07) is 3.61. The summed E-state index contributed by atoms with van der Waals surface area (Å²) in [6.45, 7) is 5.24. The number of hydrogen-bond acceptors (Lipinski definition) is 5. The lowest BCUT2D eigenvalue weighted by atomic mass is 10.00. The van der Waals surface area contributed by atoms with Crippen molar-refractivity contribution in [3.05, 3.63) is 28.7 Å². The highest BCUT2D eigenvalue weighted by Gasteiger charge is 2.11. The van der Waals surface area contributed by atoms with Gasteiger partial charge >= 0.3 is 6.01 Å². The molecule has 0 bridgehead atoms. The zero-order valence-corrected chi connectivity index (χ0v) is 13.5. The van der Waals surface area contributed by atoms with Crippen LogP contribution in [0.5, 0.6) is 0 Å². The molecule has 1 atom stereocenters. The number of anilines is 1. The van der Waals surface area contributed by atoms with Crippen molar-refractivity contribution in [1.29, 1.82) is 0 Å². The van der Waals surface area contributed by atoms with Crippen LogP contribution in [0.4, 0.5) is 6.01 Å². The molecule has 2 aromatic heterocycles. The van der Waals surface area contributed by atoms with E-state index in [1.807, 2.05) is 0 Å². The molecular formula is C16H24N4O2. The van der Waals surface area contributed by atoms with E-state index in [4.69, 9.17) is 4.42 Å². The lowest BCUT2D eigenvalue weighted by molar-refractivity contribution is 0.464. The number of unbranched alkanes of at least 4 members (excludes halogenated alkanes) is 1. The van der Waals surface area contributed by atoms with Gasteiger partial charge in [0.2, 0.25) is 5.56 Å². The Morgan fingerprint density at radius 1 is 1.32 bits per heavy atom. The lowest BCUT2D eigenvalue weighted by Gasteiger charge is -2.13. The third-order valence-electron chi connectivity index (χ3n) is 3.84. The molecule has 6 nitrogen and oxygen atoms in total. The summed E-state index contributed by atoms with van der Waals surface area (Å²) in [4.78, 5) is 11.4. The first-order valence-corrected chi connectivity index (χ1v) is 7.88. The van der Waals surface area contributed by atoms with Crippen molar-refractivity contribution < 1.29 is 4.42 Å². The number of nitrogens with zero attached hydrogens (tertiary/aromatic N) is 3. The van der Waals surface area contributed by atoms with Gasteiger partial charge in [0.1, 0.15) is 0 Å². The van der Waals surface area contributed by atoms with E-state index in [9.17, 15) is 4.79 Å². The van der Waals surface area contributed by atoms with Gasteiger partial charge in [0.05, 0.1) is 5.56 Å². The molecule has 0 saturated carbocycles. The molecule has 1 unspecified atom stereocenters. The van der Waals surface area contributed by atoms with Crippen LogP contribution in [0.15, 0.2) is 27.5 Å². The van der Waals surface area contributed by atoms with Crippen molar-refractivity contribution in [1.82, 2.24) is 14.8 Å². The number of aromatic nitrogens is 3. The van der Waals surface area contributed by atoms with Crippen LogP contribution in [0.2, 0.25) is 0 Å². The van der Waals surface area contributed by atoms with E-state index in [0.717, 1.165) is 18.5 Å². The van der Waals surface area contributed by atoms with Crippen LogP contribution in [0, 0.1) is 5.92 Å². The summed E-state index contributed by atoms with van der Waals surface area (Å²) >= 11 is 0. The molecule has 0 aromatic carbocycles. The second-order valence-corrected chi connectivity index (χ2v) is 5.58.